The van der Waals surface area contributed by atoms with Crippen LogP contribution in [0.2, 0.25) is 0 Å². The number of aryl methyl sites for hydroxylation is 2. The molecule has 1 aromatic carbocycles. The van der Waals surface area contributed by atoms with Crippen molar-refractivity contribution in [3.63, 3.8) is 0 Å². The molecule has 0 unspecified atom stereocenters. The highest BCUT2D eigenvalue weighted by atomic mass is 16.1. The minimum Gasteiger partial charge on any atom is -0.354 e. The zero-order valence-corrected chi connectivity index (χ0v) is 14.7. The van der Waals surface area contributed by atoms with Crippen molar-refractivity contribution in [2.75, 3.05) is 17.2 Å². The molecule has 0 spiro atoms. The standard InChI is InChI=1S/C19H26N4O/c1-4-7-12-20-19-21-13-11-16(22-19)18(24)23-17-14(5-2)9-8-10-15(17)6-3/h8-11,13H,4-7,12H2,1-3H3,(H,23,24)(H,20,21,22). The summed E-state index contributed by atoms with van der Waals surface area (Å²) in [5.41, 5.74) is 3.56. The molecule has 0 saturated heterocycles. The Labute approximate surface area is 143 Å². The highest BCUT2D eigenvalue weighted by Gasteiger charge is 2.13. The van der Waals surface area contributed by atoms with Gasteiger partial charge >= 0.3 is 0 Å². The molecule has 0 aliphatic heterocycles. The van der Waals surface area contributed by atoms with E-state index < -0.39 is 0 Å². The smallest absolute Gasteiger partial charge is 0.274 e. The van der Waals surface area contributed by atoms with E-state index in [0.717, 1.165) is 49.0 Å². The van der Waals surface area contributed by atoms with Crippen LogP contribution in [-0.4, -0.2) is 22.4 Å². The largest absolute Gasteiger partial charge is 0.354 e. The highest BCUT2D eigenvalue weighted by Crippen LogP contribution is 2.23. The van der Waals surface area contributed by atoms with Crippen molar-refractivity contribution in [2.45, 2.75) is 46.5 Å². The highest BCUT2D eigenvalue weighted by molar-refractivity contribution is 6.03. The second-order valence-corrected chi connectivity index (χ2v) is 5.66. The summed E-state index contributed by atoms with van der Waals surface area (Å²) >= 11 is 0. The summed E-state index contributed by atoms with van der Waals surface area (Å²) in [6.45, 7) is 7.11. The summed E-state index contributed by atoms with van der Waals surface area (Å²) in [5.74, 6) is 0.294. The van der Waals surface area contributed by atoms with Crippen LogP contribution in [0.1, 0.15) is 55.2 Å². The first kappa shape index (κ1) is 17.9. The third kappa shape index (κ3) is 4.54. The number of hydrogen-bond donors (Lipinski definition) is 2. The number of amides is 1. The maximum Gasteiger partial charge on any atom is 0.274 e. The molecule has 1 amide bonds. The number of carbonyl (C=O) groups is 1. The molecule has 0 saturated carbocycles. The van der Waals surface area contributed by atoms with Gasteiger partial charge in [0.25, 0.3) is 5.91 Å². The van der Waals surface area contributed by atoms with E-state index in [1.807, 2.05) is 18.2 Å². The molecular formula is C19H26N4O. The van der Waals surface area contributed by atoms with Crippen molar-refractivity contribution in [3.8, 4) is 0 Å². The first-order chi connectivity index (χ1) is 11.7. The van der Waals surface area contributed by atoms with Crippen LogP contribution >= 0.6 is 0 Å². The fraction of sp³-hybridized carbons (Fsp3) is 0.421. The van der Waals surface area contributed by atoms with E-state index in [1.54, 1.807) is 12.3 Å². The van der Waals surface area contributed by atoms with Crippen molar-refractivity contribution in [3.05, 3.63) is 47.3 Å². The average Bonchev–Trinajstić information content (AvgIpc) is 2.62. The van der Waals surface area contributed by atoms with Crippen LogP contribution < -0.4 is 10.6 Å². The minimum atomic E-state index is -0.202. The lowest BCUT2D eigenvalue weighted by atomic mass is 10.0. The van der Waals surface area contributed by atoms with Crippen molar-refractivity contribution in [2.24, 2.45) is 0 Å². The van der Waals surface area contributed by atoms with Gasteiger partial charge in [0.05, 0.1) is 0 Å². The molecule has 24 heavy (non-hydrogen) atoms. The van der Waals surface area contributed by atoms with Crippen molar-refractivity contribution in [1.82, 2.24) is 9.97 Å². The van der Waals surface area contributed by atoms with Gasteiger partial charge in [-0.05, 0) is 36.5 Å². The molecule has 0 atom stereocenters. The molecule has 128 valence electrons. The number of nitrogens with one attached hydrogen (secondary N) is 2. The van der Waals surface area contributed by atoms with Gasteiger partial charge in [0.2, 0.25) is 5.95 Å². The lowest BCUT2D eigenvalue weighted by molar-refractivity contribution is 0.102. The topological polar surface area (TPSA) is 66.9 Å². The summed E-state index contributed by atoms with van der Waals surface area (Å²) < 4.78 is 0. The predicted molar refractivity (Wildman–Crippen MR) is 98.6 cm³/mol. The summed E-state index contributed by atoms with van der Waals surface area (Å²) in [5, 5.41) is 6.18. The van der Waals surface area contributed by atoms with Crippen LogP contribution in [0.3, 0.4) is 0 Å². The summed E-state index contributed by atoms with van der Waals surface area (Å²) in [4.78, 5) is 21.1. The lowest BCUT2D eigenvalue weighted by Crippen LogP contribution is -2.17. The molecule has 0 fully saturated rings. The van der Waals surface area contributed by atoms with Gasteiger partial charge < -0.3 is 10.6 Å². The van der Waals surface area contributed by atoms with Crippen LogP contribution in [0.25, 0.3) is 0 Å². The van der Waals surface area contributed by atoms with Crippen LogP contribution in [-0.2, 0) is 12.8 Å². The van der Waals surface area contributed by atoms with Crippen molar-refractivity contribution >= 4 is 17.5 Å². The fourth-order valence-electron chi connectivity index (χ4n) is 2.53. The number of rotatable bonds is 8. The Bertz CT molecular complexity index is 663. The number of para-hydroxylation sites is 1. The summed E-state index contributed by atoms with van der Waals surface area (Å²) in [6.07, 6.45) is 5.50. The Kier molecular flexibility index (Phi) is 6.73. The van der Waals surface area contributed by atoms with Crippen molar-refractivity contribution < 1.29 is 4.79 Å². The van der Waals surface area contributed by atoms with E-state index in [1.165, 1.54) is 0 Å². The molecule has 5 nitrogen and oxygen atoms in total. The Morgan fingerprint density at radius 3 is 2.42 bits per heavy atom. The van der Waals surface area contributed by atoms with Gasteiger partial charge in [-0.15, -0.1) is 0 Å². The van der Waals surface area contributed by atoms with Gasteiger partial charge in [-0.2, -0.15) is 0 Å². The number of nitrogens with zero attached hydrogens (tertiary/aromatic N) is 2. The zero-order chi connectivity index (χ0) is 17.4. The number of benzene rings is 1. The van der Waals surface area contributed by atoms with Crippen LogP contribution in [0.4, 0.5) is 11.6 Å². The molecule has 2 aromatic rings. The average molecular weight is 326 g/mol. The first-order valence-corrected chi connectivity index (χ1v) is 8.68. The third-order valence-corrected chi connectivity index (χ3v) is 3.94. The van der Waals surface area contributed by atoms with Gasteiger partial charge in [-0.1, -0.05) is 45.4 Å². The molecule has 0 aliphatic carbocycles. The van der Waals surface area contributed by atoms with Gasteiger partial charge in [-0.3, -0.25) is 4.79 Å². The molecule has 1 heterocycles. The molecule has 2 rings (SSSR count). The van der Waals surface area contributed by atoms with Crippen LogP contribution in [0.15, 0.2) is 30.5 Å². The summed E-state index contributed by atoms with van der Waals surface area (Å²) in [7, 11) is 0. The molecular weight excluding hydrogens is 300 g/mol. The first-order valence-electron chi connectivity index (χ1n) is 8.68. The lowest BCUT2D eigenvalue weighted by Gasteiger charge is -2.14. The quantitative estimate of drug-likeness (QED) is 0.718. The van der Waals surface area contributed by atoms with E-state index in [9.17, 15) is 4.79 Å². The maximum atomic E-state index is 12.6. The molecule has 2 N–H and O–H groups in total. The van der Waals surface area contributed by atoms with E-state index in [-0.39, 0.29) is 5.91 Å². The normalized spacial score (nSPS) is 10.5. The second-order valence-electron chi connectivity index (χ2n) is 5.66. The maximum absolute atomic E-state index is 12.6. The zero-order valence-electron chi connectivity index (χ0n) is 14.7. The van der Waals surface area contributed by atoms with Crippen LogP contribution in [0, 0.1) is 0 Å². The van der Waals surface area contributed by atoms with E-state index in [4.69, 9.17) is 0 Å². The van der Waals surface area contributed by atoms with E-state index in [0.29, 0.717) is 11.6 Å². The minimum absolute atomic E-state index is 0.202. The van der Waals surface area contributed by atoms with Crippen molar-refractivity contribution in [1.29, 1.82) is 0 Å². The molecule has 0 aliphatic rings. The molecule has 0 bridgehead atoms. The fourth-order valence-corrected chi connectivity index (χ4v) is 2.53. The number of unbranched alkanes of at least 4 members (excludes halogenated alkanes) is 1. The number of aromatic nitrogens is 2. The number of carbonyl (C=O) groups excluding carboxylic acids is 1. The second kappa shape index (κ2) is 9.01. The Morgan fingerprint density at radius 2 is 1.79 bits per heavy atom. The SMILES string of the molecule is CCCCNc1nccc(C(=O)Nc2c(CC)cccc2CC)n1. The summed E-state index contributed by atoms with van der Waals surface area (Å²) in [6, 6.07) is 7.77. The van der Waals surface area contributed by atoms with Gasteiger partial charge in [0.1, 0.15) is 5.69 Å². The number of anilines is 2. The van der Waals surface area contributed by atoms with Gasteiger partial charge in [-0.25, -0.2) is 9.97 Å². The number of hydrogen-bond acceptors (Lipinski definition) is 4. The molecule has 0 radical (unpaired) electrons. The van der Waals surface area contributed by atoms with E-state index >= 15 is 0 Å². The molecule has 1 aromatic heterocycles. The Balaban J connectivity index is 2.17. The Hall–Kier alpha value is -2.43. The van der Waals surface area contributed by atoms with Crippen LogP contribution in [0.5, 0.6) is 0 Å². The predicted octanol–water partition coefficient (Wildman–Crippen LogP) is 4.07. The molecule has 5 heteroatoms. The van der Waals surface area contributed by atoms with Gasteiger partial charge in [0.15, 0.2) is 0 Å². The monoisotopic (exact) mass is 326 g/mol. The van der Waals surface area contributed by atoms with Gasteiger partial charge in [0, 0.05) is 18.4 Å². The third-order valence-electron chi connectivity index (χ3n) is 3.94. The van der Waals surface area contributed by atoms with E-state index in [2.05, 4.69) is 41.4 Å². The Morgan fingerprint density at radius 1 is 1.08 bits per heavy atom.